The Morgan fingerprint density at radius 3 is 2.37 bits per heavy atom. The smallest absolute Gasteiger partial charge is 0.350 e. The van der Waals surface area contributed by atoms with E-state index in [-0.39, 0.29) is 0 Å². The van der Waals surface area contributed by atoms with E-state index in [4.69, 9.17) is 10.5 Å². The number of hydrogen-bond acceptors (Lipinski definition) is 4. The minimum atomic E-state index is -0.397. The Morgan fingerprint density at radius 1 is 1.26 bits per heavy atom. The first kappa shape index (κ1) is 14.6. The monoisotopic (exact) mass is 403 g/mol. The van der Waals surface area contributed by atoms with E-state index in [9.17, 15) is 4.79 Å². The van der Waals surface area contributed by atoms with Crippen molar-refractivity contribution >= 4 is 54.9 Å². The minimum Gasteiger partial charge on any atom is -0.465 e. The summed E-state index contributed by atoms with van der Waals surface area (Å²) in [5.41, 5.74) is 8.37. The molecule has 2 aromatic rings. The Labute approximate surface area is 132 Å². The summed E-state index contributed by atoms with van der Waals surface area (Å²) in [4.78, 5) is 13.1. The van der Waals surface area contributed by atoms with Gasteiger partial charge in [0.15, 0.2) is 0 Å². The fourth-order valence-corrected chi connectivity index (χ4v) is 4.16. The topological polar surface area (TPSA) is 52.3 Å². The van der Waals surface area contributed by atoms with Crippen molar-refractivity contribution in [2.75, 3.05) is 12.8 Å². The number of thiophene rings is 1. The summed E-state index contributed by atoms with van der Waals surface area (Å²) < 4.78 is 6.66. The molecule has 2 rings (SSSR count). The quantitative estimate of drug-likeness (QED) is 0.743. The summed E-state index contributed by atoms with van der Waals surface area (Å²) in [6.07, 6.45) is 0. The van der Waals surface area contributed by atoms with E-state index in [1.54, 1.807) is 0 Å². The zero-order valence-corrected chi connectivity index (χ0v) is 14.3. The van der Waals surface area contributed by atoms with Crippen LogP contribution in [0.15, 0.2) is 27.1 Å². The number of anilines is 1. The lowest BCUT2D eigenvalue weighted by atomic mass is 10.1. The maximum atomic E-state index is 11.7. The van der Waals surface area contributed by atoms with Gasteiger partial charge in [0.2, 0.25) is 0 Å². The molecular weight excluding hydrogens is 394 g/mol. The van der Waals surface area contributed by atoms with Crippen LogP contribution in [0.1, 0.15) is 15.2 Å². The van der Waals surface area contributed by atoms with Crippen molar-refractivity contribution in [1.29, 1.82) is 0 Å². The molecule has 1 aromatic heterocycles. The van der Waals surface area contributed by atoms with Gasteiger partial charge in [-0.25, -0.2) is 4.79 Å². The number of methoxy groups -OCH3 is 1. The molecule has 0 saturated carbocycles. The van der Waals surface area contributed by atoms with Crippen LogP contribution in [0.3, 0.4) is 0 Å². The summed E-state index contributed by atoms with van der Waals surface area (Å²) >= 11 is 8.26. The molecule has 3 nitrogen and oxygen atoms in total. The van der Waals surface area contributed by atoms with Crippen molar-refractivity contribution in [2.45, 2.75) is 6.92 Å². The molecule has 19 heavy (non-hydrogen) atoms. The fraction of sp³-hybridized carbons (Fsp3) is 0.154. The maximum absolute atomic E-state index is 11.7. The largest absolute Gasteiger partial charge is 0.465 e. The molecule has 0 unspecified atom stereocenters. The number of nitrogen functional groups attached to an aromatic ring is 1. The average Bonchev–Trinajstić information content (AvgIpc) is 2.64. The maximum Gasteiger partial charge on any atom is 0.350 e. The molecule has 0 fully saturated rings. The third kappa shape index (κ3) is 2.85. The van der Waals surface area contributed by atoms with E-state index in [0.29, 0.717) is 10.6 Å². The highest BCUT2D eigenvalue weighted by molar-refractivity contribution is 9.11. The Balaban J connectivity index is 2.60. The minimum absolute atomic E-state index is 0.397. The third-order valence-electron chi connectivity index (χ3n) is 2.69. The number of carbonyl (C=O) groups is 1. The second-order valence-corrected chi connectivity index (χ2v) is 6.80. The Hall–Kier alpha value is -0.850. The van der Waals surface area contributed by atoms with Crippen molar-refractivity contribution in [1.82, 2.24) is 0 Å². The molecule has 6 heteroatoms. The van der Waals surface area contributed by atoms with E-state index in [0.717, 1.165) is 24.9 Å². The van der Waals surface area contributed by atoms with Crippen LogP contribution in [0.5, 0.6) is 0 Å². The molecule has 0 aliphatic carbocycles. The third-order valence-corrected chi connectivity index (χ3v) is 4.94. The molecule has 0 spiro atoms. The lowest BCUT2D eigenvalue weighted by Crippen LogP contribution is -2.01. The standard InChI is InChI=1S/C13H11Br2NO2S/c1-6-10(16)12(13(17)18-2)19-11(6)7-3-8(14)5-9(15)4-7/h3-5H,16H2,1-2H3. The molecule has 2 N–H and O–H groups in total. The number of halogens is 2. The molecule has 0 radical (unpaired) electrons. The van der Waals surface area contributed by atoms with Crippen LogP contribution in [0.2, 0.25) is 0 Å². The highest BCUT2D eigenvalue weighted by Crippen LogP contribution is 2.40. The van der Waals surface area contributed by atoms with Crippen molar-refractivity contribution in [3.8, 4) is 10.4 Å². The van der Waals surface area contributed by atoms with Gasteiger partial charge >= 0.3 is 5.97 Å². The molecule has 1 aromatic carbocycles. The summed E-state index contributed by atoms with van der Waals surface area (Å²) in [5.74, 6) is -0.397. The number of benzene rings is 1. The second-order valence-electron chi connectivity index (χ2n) is 3.95. The van der Waals surface area contributed by atoms with Gasteiger partial charge in [-0.15, -0.1) is 11.3 Å². The molecule has 0 saturated heterocycles. The number of nitrogens with two attached hydrogens (primary N) is 1. The summed E-state index contributed by atoms with van der Waals surface area (Å²) in [5, 5.41) is 0. The van der Waals surface area contributed by atoms with Crippen molar-refractivity contribution in [2.24, 2.45) is 0 Å². The molecule has 0 bridgehead atoms. The van der Waals surface area contributed by atoms with Crippen molar-refractivity contribution < 1.29 is 9.53 Å². The van der Waals surface area contributed by atoms with Gasteiger partial charge in [0.1, 0.15) is 4.88 Å². The zero-order valence-electron chi connectivity index (χ0n) is 10.3. The zero-order chi connectivity index (χ0) is 14.2. The Kier molecular flexibility index (Phi) is 4.32. The predicted octanol–water partition coefficient (Wildman–Crippen LogP) is 4.62. The van der Waals surface area contributed by atoms with E-state index in [1.165, 1.54) is 18.4 Å². The Bertz CT molecular complexity index is 632. The van der Waals surface area contributed by atoms with Gasteiger partial charge in [-0.1, -0.05) is 31.9 Å². The average molecular weight is 405 g/mol. The number of esters is 1. The van der Waals surface area contributed by atoms with Gasteiger partial charge < -0.3 is 10.5 Å². The number of hydrogen-bond donors (Lipinski definition) is 1. The molecule has 0 atom stereocenters. The van der Waals surface area contributed by atoms with Crippen LogP contribution >= 0.6 is 43.2 Å². The van der Waals surface area contributed by atoms with Crippen LogP contribution in [-0.4, -0.2) is 13.1 Å². The van der Waals surface area contributed by atoms with Gasteiger partial charge in [0, 0.05) is 13.8 Å². The van der Waals surface area contributed by atoms with Crippen LogP contribution < -0.4 is 5.73 Å². The molecule has 0 aliphatic rings. The van der Waals surface area contributed by atoms with Gasteiger partial charge in [-0.3, -0.25) is 0 Å². The first-order chi connectivity index (χ1) is 8.93. The van der Waals surface area contributed by atoms with E-state index < -0.39 is 5.97 Å². The lowest BCUT2D eigenvalue weighted by Gasteiger charge is -2.02. The highest BCUT2D eigenvalue weighted by atomic mass is 79.9. The van der Waals surface area contributed by atoms with Crippen LogP contribution in [-0.2, 0) is 4.74 Å². The second kappa shape index (κ2) is 5.64. The van der Waals surface area contributed by atoms with Crippen LogP contribution in [0.4, 0.5) is 5.69 Å². The summed E-state index contributed by atoms with van der Waals surface area (Å²) in [7, 11) is 1.35. The summed E-state index contributed by atoms with van der Waals surface area (Å²) in [6, 6.07) is 5.94. The number of ether oxygens (including phenoxy) is 1. The number of rotatable bonds is 2. The van der Waals surface area contributed by atoms with E-state index >= 15 is 0 Å². The molecule has 0 aliphatic heterocycles. The van der Waals surface area contributed by atoms with Gasteiger partial charge in [0.05, 0.1) is 12.8 Å². The SMILES string of the molecule is COC(=O)c1sc(-c2cc(Br)cc(Br)c2)c(C)c1N. The molecular formula is C13H11Br2NO2S. The van der Waals surface area contributed by atoms with Crippen molar-refractivity contribution in [3.05, 3.63) is 37.6 Å². The van der Waals surface area contributed by atoms with Crippen LogP contribution in [0.25, 0.3) is 10.4 Å². The van der Waals surface area contributed by atoms with Gasteiger partial charge in [-0.05, 0) is 36.2 Å². The lowest BCUT2D eigenvalue weighted by molar-refractivity contribution is 0.0607. The normalized spacial score (nSPS) is 10.5. The number of carbonyl (C=O) groups excluding carboxylic acids is 1. The molecule has 1 heterocycles. The first-order valence-electron chi connectivity index (χ1n) is 5.37. The van der Waals surface area contributed by atoms with E-state index in [2.05, 4.69) is 31.9 Å². The first-order valence-corrected chi connectivity index (χ1v) is 7.78. The van der Waals surface area contributed by atoms with Crippen molar-refractivity contribution in [3.63, 3.8) is 0 Å². The fourth-order valence-electron chi connectivity index (χ4n) is 1.73. The highest BCUT2D eigenvalue weighted by Gasteiger charge is 2.20. The molecule has 100 valence electrons. The summed E-state index contributed by atoms with van der Waals surface area (Å²) in [6.45, 7) is 1.91. The van der Waals surface area contributed by atoms with Gasteiger partial charge in [-0.2, -0.15) is 0 Å². The molecule has 0 amide bonds. The van der Waals surface area contributed by atoms with Gasteiger partial charge in [0.25, 0.3) is 0 Å². The predicted molar refractivity (Wildman–Crippen MR) is 85.6 cm³/mol. The van der Waals surface area contributed by atoms with Crippen LogP contribution in [0, 0.1) is 6.92 Å². The van der Waals surface area contributed by atoms with E-state index in [1.807, 2.05) is 25.1 Å². The Morgan fingerprint density at radius 2 is 1.84 bits per heavy atom.